The number of anilines is 1. The summed E-state index contributed by atoms with van der Waals surface area (Å²) < 4.78 is 27.2. The highest BCUT2D eigenvalue weighted by atomic mass is 79.9. The Hall–Kier alpha value is -1.13. The van der Waals surface area contributed by atoms with E-state index in [1.54, 1.807) is 0 Å². The van der Waals surface area contributed by atoms with Gasteiger partial charge in [-0.3, -0.25) is 0 Å². The van der Waals surface area contributed by atoms with E-state index in [2.05, 4.69) is 21.2 Å². The van der Waals surface area contributed by atoms with E-state index in [0.717, 1.165) is 18.9 Å². The highest BCUT2D eigenvalue weighted by molar-refractivity contribution is 9.10. The van der Waals surface area contributed by atoms with E-state index in [1.165, 1.54) is 17.2 Å². The van der Waals surface area contributed by atoms with Gasteiger partial charge in [0.05, 0.1) is 10.2 Å². The summed E-state index contributed by atoms with van der Waals surface area (Å²) in [6.45, 7) is 0. The van der Waals surface area contributed by atoms with Crippen molar-refractivity contribution in [1.82, 2.24) is 0 Å². The highest BCUT2D eigenvalue weighted by Crippen LogP contribution is 2.29. The highest BCUT2D eigenvalue weighted by Gasteiger charge is 2.22. The molecule has 1 aliphatic rings. The van der Waals surface area contributed by atoms with Gasteiger partial charge < -0.3 is 5.32 Å². The van der Waals surface area contributed by atoms with Crippen molar-refractivity contribution < 1.29 is 8.78 Å². The molecule has 0 amide bonds. The number of rotatable bonds is 2. The Balaban J connectivity index is 1.80. The van der Waals surface area contributed by atoms with E-state index >= 15 is 0 Å². The van der Waals surface area contributed by atoms with Crippen LogP contribution in [-0.2, 0) is 12.8 Å². The number of halogens is 4. The molecule has 0 saturated heterocycles. The van der Waals surface area contributed by atoms with E-state index in [0.29, 0.717) is 10.7 Å². The minimum absolute atomic E-state index is 0.0929. The predicted octanol–water partition coefficient (Wildman–Crippen LogP) is 4.96. The Kier molecular flexibility index (Phi) is 3.69. The molecule has 1 aliphatic carbocycles. The van der Waals surface area contributed by atoms with Crippen molar-refractivity contribution in [3.8, 4) is 0 Å². The van der Waals surface area contributed by atoms with E-state index in [9.17, 15) is 8.78 Å². The molecule has 1 atom stereocenters. The summed E-state index contributed by atoms with van der Waals surface area (Å²) in [7, 11) is 0. The van der Waals surface area contributed by atoms with Crippen LogP contribution >= 0.6 is 27.5 Å². The molecular weight excluding hydrogens is 348 g/mol. The molecule has 0 heterocycles. The van der Waals surface area contributed by atoms with Gasteiger partial charge in [-0.25, -0.2) is 8.78 Å². The number of nitrogens with one attached hydrogen (secondary N) is 1. The van der Waals surface area contributed by atoms with Gasteiger partial charge >= 0.3 is 0 Å². The second-order valence-electron chi connectivity index (χ2n) is 4.91. The molecule has 20 heavy (non-hydrogen) atoms. The monoisotopic (exact) mass is 357 g/mol. The summed E-state index contributed by atoms with van der Waals surface area (Å²) in [6, 6.07) is 8.20. The Morgan fingerprint density at radius 1 is 1.05 bits per heavy atom. The average molecular weight is 359 g/mol. The van der Waals surface area contributed by atoms with E-state index in [4.69, 9.17) is 11.6 Å². The van der Waals surface area contributed by atoms with Crippen molar-refractivity contribution in [2.45, 2.75) is 18.9 Å². The van der Waals surface area contributed by atoms with Crippen molar-refractivity contribution in [2.24, 2.45) is 0 Å². The van der Waals surface area contributed by atoms with Crippen LogP contribution in [0.5, 0.6) is 0 Å². The molecule has 0 aliphatic heterocycles. The second-order valence-corrected chi connectivity index (χ2v) is 6.20. The van der Waals surface area contributed by atoms with Crippen LogP contribution in [0.1, 0.15) is 11.1 Å². The zero-order valence-electron chi connectivity index (χ0n) is 10.4. The molecule has 0 fully saturated rings. The summed E-state index contributed by atoms with van der Waals surface area (Å²) in [4.78, 5) is 0. The van der Waals surface area contributed by atoms with Gasteiger partial charge in [0.1, 0.15) is 11.6 Å². The minimum atomic E-state index is -0.602. The molecule has 5 heteroatoms. The largest absolute Gasteiger partial charge is 0.379 e. The first-order valence-corrected chi connectivity index (χ1v) is 7.38. The summed E-state index contributed by atoms with van der Waals surface area (Å²) in [6.07, 6.45) is 1.59. The van der Waals surface area contributed by atoms with Crippen LogP contribution in [0.25, 0.3) is 0 Å². The van der Waals surface area contributed by atoms with Gasteiger partial charge in [0, 0.05) is 17.1 Å². The smallest absolute Gasteiger partial charge is 0.149 e. The number of benzene rings is 2. The number of fused-ring (bicyclic) bond motifs is 1. The first-order valence-electron chi connectivity index (χ1n) is 6.21. The first-order chi connectivity index (χ1) is 9.52. The fourth-order valence-corrected chi connectivity index (χ4v) is 3.08. The molecule has 1 nitrogen and oxygen atoms in total. The molecule has 3 rings (SSSR count). The van der Waals surface area contributed by atoms with Gasteiger partial charge in [-0.05, 0) is 58.1 Å². The molecule has 2 aromatic carbocycles. The van der Waals surface area contributed by atoms with E-state index < -0.39 is 11.6 Å². The molecule has 1 unspecified atom stereocenters. The third kappa shape index (κ3) is 2.67. The average Bonchev–Trinajstić information content (AvgIpc) is 2.77. The fraction of sp³-hybridized carbons (Fsp3) is 0.200. The van der Waals surface area contributed by atoms with Crippen molar-refractivity contribution in [3.05, 3.63) is 62.6 Å². The maximum Gasteiger partial charge on any atom is 0.149 e. The van der Waals surface area contributed by atoms with Crippen LogP contribution in [0.3, 0.4) is 0 Å². The lowest BCUT2D eigenvalue weighted by Gasteiger charge is -2.14. The van der Waals surface area contributed by atoms with Crippen LogP contribution in [0.4, 0.5) is 14.5 Å². The SMILES string of the molecule is Fc1cc(F)c(NC2Cc3ccc(Cl)cc3C2)cc1Br. The normalized spacial score (nSPS) is 17.1. The standard InChI is InChI=1S/C15H11BrClF2N/c16-12-6-15(14(19)7-13(12)18)20-11-4-8-1-2-10(17)3-9(8)5-11/h1-3,6-7,11,20H,4-5H2. The van der Waals surface area contributed by atoms with Crippen LogP contribution < -0.4 is 5.32 Å². The molecule has 0 spiro atoms. The molecule has 104 valence electrons. The van der Waals surface area contributed by atoms with Crippen LogP contribution in [-0.4, -0.2) is 6.04 Å². The topological polar surface area (TPSA) is 12.0 Å². The van der Waals surface area contributed by atoms with Crippen molar-refractivity contribution in [1.29, 1.82) is 0 Å². The molecule has 0 saturated carbocycles. The molecule has 0 bridgehead atoms. The van der Waals surface area contributed by atoms with Gasteiger partial charge in [0.25, 0.3) is 0 Å². The second kappa shape index (κ2) is 5.34. The summed E-state index contributed by atoms with van der Waals surface area (Å²) in [5.74, 6) is -1.19. The van der Waals surface area contributed by atoms with Crippen LogP contribution in [0.15, 0.2) is 34.8 Å². The molecule has 0 aromatic heterocycles. The lowest BCUT2D eigenvalue weighted by molar-refractivity contribution is 0.578. The molecular formula is C15H11BrClF2N. The zero-order chi connectivity index (χ0) is 14.3. The quantitative estimate of drug-likeness (QED) is 0.748. The van der Waals surface area contributed by atoms with E-state index in [-0.39, 0.29) is 10.5 Å². The van der Waals surface area contributed by atoms with Crippen molar-refractivity contribution >= 4 is 33.2 Å². The minimum Gasteiger partial charge on any atom is -0.379 e. The van der Waals surface area contributed by atoms with Gasteiger partial charge in [-0.15, -0.1) is 0 Å². The Labute approximate surface area is 129 Å². The van der Waals surface area contributed by atoms with Crippen LogP contribution in [0, 0.1) is 11.6 Å². The van der Waals surface area contributed by atoms with Gasteiger partial charge in [0.15, 0.2) is 0 Å². The van der Waals surface area contributed by atoms with E-state index in [1.807, 2.05) is 18.2 Å². The predicted molar refractivity (Wildman–Crippen MR) is 80.3 cm³/mol. The van der Waals surface area contributed by atoms with Gasteiger partial charge in [0.2, 0.25) is 0 Å². The maximum absolute atomic E-state index is 13.7. The Morgan fingerprint density at radius 3 is 2.60 bits per heavy atom. The van der Waals surface area contributed by atoms with Crippen molar-refractivity contribution in [2.75, 3.05) is 5.32 Å². The third-order valence-electron chi connectivity index (χ3n) is 3.47. The summed E-state index contributed by atoms with van der Waals surface area (Å²) >= 11 is 9.03. The van der Waals surface area contributed by atoms with Gasteiger partial charge in [-0.1, -0.05) is 17.7 Å². The summed E-state index contributed by atoms with van der Waals surface area (Å²) in [5, 5.41) is 3.84. The zero-order valence-corrected chi connectivity index (χ0v) is 12.7. The Bertz CT molecular complexity index is 675. The third-order valence-corrected chi connectivity index (χ3v) is 4.31. The number of hydrogen-bond acceptors (Lipinski definition) is 1. The first kappa shape index (κ1) is 13.8. The molecule has 1 N–H and O–H groups in total. The van der Waals surface area contributed by atoms with Crippen LogP contribution in [0.2, 0.25) is 5.02 Å². The van der Waals surface area contributed by atoms with Gasteiger partial charge in [-0.2, -0.15) is 0 Å². The number of hydrogen-bond donors (Lipinski definition) is 1. The van der Waals surface area contributed by atoms with Crippen molar-refractivity contribution in [3.63, 3.8) is 0 Å². The molecule has 0 radical (unpaired) electrons. The Morgan fingerprint density at radius 2 is 1.80 bits per heavy atom. The summed E-state index contributed by atoms with van der Waals surface area (Å²) in [5.41, 5.74) is 2.70. The fourth-order valence-electron chi connectivity index (χ4n) is 2.54. The maximum atomic E-state index is 13.7. The lowest BCUT2D eigenvalue weighted by atomic mass is 10.1. The lowest BCUT2D eigenvalue weighted by Crippen LogP contribution is -2.20. The molecule has 2 aromatic rings.